The van der Waals surface area contributed by atoms with Gasteiger partial charge < -0.3 is 14.4 Å². The molecule has 8 nitrogen and oxygen atoms in total. The van der Waals surface area contributed by atoms with E-state index in [2.05, 4.69) is 4.98 Å². The number of ether oxygens (including phenoxy) is 2. The van der Waals surface area contributed by atoms with E-state index in [0.717, 1.165) is 42.0 Å². The highest BCUT2D eigenvalue weighted by atomic mass is 35.5. The second-order valence-electron chi connectivity index (χ2n) is 12.1. The second kappa shape index (κ2) is 21.2. The van der Waals surface area contributed by atoms with Crippen molar-refractivity contribution < 1.29 is 33.0 Å². The number of fused-ring (bicyclic) bond motifs is 1. The summed E-state index contributed by atoms with van der Waals surface area (Å²) in [5, 5.41) is 2.11. The number of carbonyl (C=O) groups excluding carboxylic acids is 4. The SMILES string of the molecule is CCOC(=O)CCCC(=O)CCCCCC[C@@H](COC(=O)Cc1cc2ccccc2cn1)N(C)C(=O)CCCCc1cccc(F)c1Cl. The minimum Gasteiger partial charge on any atom is -0.466 e. The van der Waals surface area contributed by atoms with Crippen molar-refractivity contribution in [1.82, 2.24) is 9.88 Å². The molecule has 3 aromatic rings. The van der Waals surface area contributed by atoms with Crippen molar-refractivity contribution >= 4 is 46.0 Å². The smallest absolute Gasteiger partial charge is 0.311 e. The Balaban J connectivity index is 1.46. The summed E-state index contributed by atoms with van der Waals surface area (Å²) in [4.78, 5) is 55.7. The van der Waals surface area contributed by atoms with E-state index in [1.165, 1.54) is 6.07 Å². The van der Waals surface area contributed by atoms with Crippen LogP contribution in [0.25, 0.3) is 10.8 Å². The number of esters is 2. The third-order valence-corrected chi connectivity index (χ3v) is 8.82. The standard InChI is InChI=1S/C38H48ClFN2O6/c1-3-47-36(45)23-13-20-33(43)19-7-5-4-6-18-32(27-48-37(46)25-31-24-29-15-8-9-16-30(29)26-41-31)42(2)35(44)22-11-10-14-28-17-12-21-34(40)38(28)39/h8-9,12,15-17,21,24,26,32H,3-7,10-11,13-14,18-20,22-23,25,27H2,1-2H3/t32-/m0/s1. The van der Waals surface area contributed by atoms with E-state index in [-0.39, 0.29) is 48.2 Å². The number of hydrogen-bond acceptors (Lipinski definition) is 7. The van der Waals surface area contributed by atoms with E-state index >= 15 is 0 Å². The van der Waals surface area contributed by atoms with Gasteiger partial charge in [0.2, 0.25) is 5.91 Å². The zero-order valence-electron chi connectivity index (χ0n) is 28.2. The first-order valence-corrected chi connectivity index (χ1v) is 17.4. The lowest BCUT2D eigenvalue weighted by molar-refractivity contribution is -0.147. The van der Waals surface area contributed by atoms with Crippen LogP contribution in [0, 0.1) is 5.82 Å². The molecular weight excluding hydrogens is 635 g/mol. The molecule has 0 bridgehead atoms. The number of aromatic nitrogens is 1. The average Bonchev–Trinajstić information content (AvgIpc) is 3.07. The maximum atomic E-state index is 13.8. The van der Waals surface area contributed by atoms with Crippen molar-refractivity contribution in [3.63, 3.8) is 0 Å². The van der Waals surface area contributed by atoms with Crippen molar-refractivity contribution in [3.8, 4) is 0 Å². The van der Waals surface area contributed by atoms with Crippen molar-refractivity contribution in [2.24, 2.45) is 0 Å². The predicted octanol–water partition coefficient (Wildman–Crippen LogP) is 8.00. The van der Waals surface area contributed by atoms with Gasteiger partial charge in [-0.3, -0.25) is 24.2 Å². The zero-order chi connectivity index (χ0) is 34.7. The van der Waals surface area contributed by atoms with Crippen LogP contribution in [0.1, 0.15) is 95.2 Å². The Morgan fingerprint density at radius 1 is 0.833 bits per heavy atom. The van der Waals surface area contributed by atoms with Crippen molar-refractivity contribution in [3.05, 3.63) is 76.8 Å². The Bertz CT molecular complexity index is 1500. The molecule has 2 aromatic carbocycles. The molecule has 260 valence electrons. The number of aryl methyl sites for hydroxylation is 1. The molecule has 0 fully saturated rings. The van der Waals surface area contributed by atoms with Gasteiger partial charge in [0.25, 0.3) is 0 Å². The molecule has 10 heteroatoms. The van der Waals surface area contributed by atoms with Gasteiger partial charge in [0.05, 0.1) is 29.8 Å². The fourth-order valence-electron chi connectivity index (χ4n) is 5.56. The summed E-state index contributed by atoms with van der Waals surface area (Å²) in [6.07, 6.45) is 9.55. The molecule has 1 aromatic heterocycles. The van der Waals surface area contributed by atoms with Gasteiger partial charge in [-0.2, -0.15) is 0 Å². The Labute approximate surface area is 288 Å². The van der Waals surface area contributed by atoms with Crippen molar-refractivity contribution in [1.29, 1.82) is 0 Å². The third-order valence-electron chi connectivity index (χ3n) is 8.39. The molecular formula is C38H48ClFN2O6. The van der Waals surface area contributed by atoms with Crippen LogP contribution in [0.5, 0.6) is 0 Å². The first-order valence-electron chi connectivity index (χ1n) is 17.0. The number of likely N-dealkylation sites (N-methyl/N-ethyl adjacent to an activating group) is 1. The van der Waals surface area contributed by atoms with Gasteiger partial charge in [0.15, 0.2) is 0 Å². The van der Waals surface area contributed by atoms with Gasteiger partial charge in [-0.05, 0) is 68.5 Å². The van der Waals surface area contributed by atoms with Crippen molar-refractivity contribution in [2.75, 3.05) is 20.3 Å². The fourth-order valence-corrected chi connectivity index (χ4v) is 5.78. The molecule has 0 aliphatic rings. The summed E-state index contributed by atoms with van der Waals surface area (Å²) < 4.78 is 24.3. The molecule has 0 unspecified atom stereocenters. The highest BCUT2D eigenvalue weighted by Crippen LogP contribution is 2.22. The number of amides is 1. The Kier molecular flexibility index (Phi) is 17.0. The predicted molar refractivity (Wildman–Crippen MR) is 185 cm³/mol. The van der Waals surface area contributed by atoms with Crippen LogP contribution in [0.3, 0.4) is 0 Å². The fraction of sp³-hybridized carbons (Fsp3) is 0.500. The number of unbranched alkanes of at least 4 members (excludes halogenated alkanes) is 4. The van der Waals surface area contributed by atoms with Gasteiger partial charge in [0.1, 0.15) is 18.2 Å². The summed E-state index contributed by atoms with van der Waals surface area (Å²) in [5.41, 5.74) is 1.34. The largest absolute Gasteiger partial charge is 0.466 e. The van der Waals surface area contributed by atoms with Gasteiger partial charge in [-0.1, -0.05) is 67.3 Å². The number of halogens is 2. The summed E-state index contributed by atoms with van der Waals surface area (Å²) >= 11 is 6.07. The summed E-state index contributed by atoms with van der Waals surface area (Å²) in [6, 6.07) is 14.1. The van der Waals surface area contributed by atoms with Crippen LogP contribution >= 0.6 is 11.6 Å². The Morgan fingerprint density at radius 3 is 2.35 bits per heavy atom. The highest BCUT2D eigenvalue weighted by Gasteiger charge is 2.22. The van der Waals surface area contributed by atoms with Crippen LogP contribution in [0.4, 0.5) is 4.39 Å². The Hall–Kier alpha value is -3.85. The van der Waals surface area contributed by atoms with Crippen LogP contribution in [-0.4, -0.2) is 59.8 Å². The molecule has 0 aliphatic carbocycles. The molecule has 0 saturated heterocycles. The second-order valence-corrected chi connectivity index (χ2v) is 12.5. The van der Waals surface area contributed by atoms with Crippen LogP contribution in [0.2, 0.25) is 5.02 Å². The monoisotopic (exact) mass is 682 g/mol. The number of rotatable bonds is 22. The minimum absolute atomic E-state index is 0.0334. The number of nitrogens with zero attached hydrogens (tertiary/aromatic N) is 2. The highest BCUT2D eigenvalue weighted by molar-refractivity contribution is 6.31. The molecule has 1 heterocycles. The average molecular weight is 683 g/mol. The molecule has 1 amide bonds. The van der Waals surface area contributed by atoms with Gasteiger partial charge in [-0.25, -0.2) is 4.39 Å². The quantitative estimate of drug-likeness (QED) is 0.0782. The first kappa shape index (κ1) is 38.6. The van der Waals surface area contributed by atoms with E-state index < -0.39 is 11.8 Å². The zero-order valence-corrected chi connectivity index (χ0v) is 28.9. The minimum atomic E-state index is -0.448. The molecule has 1 atom stereocenters. The summed E-state index contributed by atoms with van der Waals surface area (Å²) in [6.45, 7) is 2.18. The molecule has 0 N–H and O–H groups in total. The molecule has 48 heavy (non-hydrogen) atoms. The normalized spacial score (nSPS) is 11.7. The molecule has 0 aliphatic heterocycles. The van der Waals surface area contributed by atoms with E-state index in [0.29, 0.717) is 63.7 Å². The van der Waals surface area contributed by atoms with E-state index in [9.17, 15) is 23.6 Å². The number of pyridine rings is 1. The number of hydrogen-bond donors (Lipinski definition) is 0. The number of Topliss-reactive ketones (excluding diaryl/α,β-unsaturated/α-hetero) is 1. The maximum absolute atomic E-state index is 13.8. The van der Waals surface area contributed by atoms with E-state index in [1.807, 2.05) is 30.3 Å². The third kappa shape index (κ3) is 13.7. The molecule has 0 radical (unpaired) electrons. The van der Waals surface area contributed by atoms with Crippen LogP contribution in [-0.2, 0) is 41.5 Å². The lowest BCUT2D eigenvalue weighted by Gasteiger charge is -2.28. The number of carbonyl (C=O) groups is 4. The van der Waals surface area contributed by atoms with E-state index in [4.69, 9.17) is 21.1 Å². The molecule has 0 saturated carbocycles. The lowest BCUT2D eigenvalue weighted by Crippen LogP contribution is -2.40. The maximum Gasteiger partial charge on any atom is 0.311 e. The van der Waals surface area contributed by atoms with Gasteiger partial charge >= 0.3 is 11.9 Å². The number of ketones is 1. The summed E-state index contributed by atoms with van der Waals surface area (Å²) in [5.74, 6) is -1.03. The topological polar surface area (TPSA) is 103 Å². The Morgan fingerprint density at radius 2 is 1.56 bits per heavy atom. The van der Waals surface area contributed by atoms with Crippen molar-refractivity contribution in [2.45, 2.75) is 103 Å². The van der Waals surface area contributed by atoms with Gasteiger partial charge in [0, 0.05) is 44.3 Å². The number of benzene rings is 2. The lowest BCUT2D eigenvalue weighted by atomic mass is 10.0. The van der Waals surface area contributed by atoms with Crippen LogP contribution in [0.15, 0.2) is 54.7 Å². The van der Waals surface area contributed by atoms with E-state index in [1.54, 1.807) is 37.2 Å². The summed E-state index contributed by atoms with van der Waals surface area (Å²) in [7, 11) is 1.74. The first-order chi connectivity index (χ1) is 23.2. The van der Waals surface area contributed by atoms with Gasteiger partial charge in [-0.15, -0.1) is 0 Å². The molecule has 0 spiro atoms. The molecule has 3 rings (SSSR count). The van der Waals surface area contributed by atoms with Crippen LogP contribution < -0.4 is 0 Å².